The molecule has 2 aliphatic rings. The molecule has 7 N–H and O–H groups in total. The normalized spacial score (nSPS) is 14.9. The number of hydrogen-bond donors (Lipinski definition) is 4. The fourth-order valence-electron chi connectivity index (χ4n) is 4.41. The van der Waals surface area contributed by atoms with Crippen molar-refractivity contribution >= 4 is 46.6 Å². The van der Waals surface area contributed by atoms with Crippen LogP contribution in [-0.4, -0.2) is 70.6 Å². The number of carbonyl (C=O) groups is 4. The highest BCUT2D eigenvalue weighted by Gasteiger charge is 2.29. The Labute approximate surface area is 212 Å². The van der Waals surface area contributed by atoms with E-state index in [0.717, 1.165) is 21.6 Å². The molecule has 12 heteroatoms. The molecule has 1 atom stereocenters. The number of aliphatic hydroxyl groups excluding tert-OH is 1. The highest BCUT2D eigenvalue weighted by molar-refractivity contribution is 6.04. The molecule has 2 heterocycles. The number of rotatable bonds is 9. The highest BCUT2D eigenvalue weighted by atomic mass is 16.4. The van der Waals surface area contributed by atoms with Crippen LogP contribution in [0.15, 0.2) is 41.4 Å². The summed E-state index contributed by atoms with van der Waals surface area (Å²) < 4.78 is 0. The number of aliphatic carboxylic acids is 1. The zero-order chi connectivity index (χ0) is 26.7. The maximum absolute atomic E-state index is 13.1. The SMILES string of the molecule is NC1=NCc2cc(NC(=O)[C@H](O)CC(=O)N(CC[OH2+])c3ccc4c(c3)N(CC(=O)O)C(=O)CC4)ccc21. The van der Waals surface area contributed by atoms with Gasteiger partial charge in [-0.25, -0.2) is 0 Å². The number of carbonyl (C=O) groups excluding carboxylic acids is 3. The smallest absolute Gasteiger partial charge is 0.323 e. The maximum atomic E-state index is 13.1. The van der Waals surface area contributed by atoms with Crippen LogP contribution in [-0.2, 0) is 32.1 Å². The summed E-state index contributed by atoms with van der Waals surface area (Å²) >= 11 is 0. The van der Waals surface area contributed by atoms with Gasteiger partial charge in [-0.15, -0.1) is 0 Å². The second kappa shape index (κ2) is 10.8. The fourth-order valence-corrected chi connectivity index (χ4v) is 4.41. The number of amides is 3. The molecule has 2 aromatic carbocycles. The molecule has 0 bridgehead atoms. The van der Waals surface area contributed by atoms with Gasteiger partial charge in [0, 0.05) is 29.0 Å². The average Bonchev–Trinajstić information content (AvgIpc) is 3.23. The van der Waals surface area contributed by atoms with Crippen molar-refractivity contribution in [2.75, 3.05) is 34.8 Å². The van der Waals surface area contributed by atoms with Crippen molar-refractivity contribution < 1.29 is 34.5 Å². The first-order valence-corrected chi connectivity index (χ1v) is 11.7. The van der Waals surface area contributed by atoms with Crippen LogP contribution in [0.4, 0.5) is 17.1 Å². The van der Waals surface area contributed by atoms with E-state index >= 15 is 0 Å². The Balaban J connectivity index is 1.47. The number of amidine groups is 1. The quantitative estimate of drug-likeness (QED) is 0.334. The Morgan fingerprint density at radius 2 is 1.95 bits per heavy atom. The average molecular weight is 511 g/mol. The summed E-state index contributed by atoms with van der Waals surface area (Å²) in [6, 6.07) is 9.94. The predicted molar refractivity (Wildman–Crippen MR) is 136 cm³/mol. The minimum Gasteiger partial charge on any atom is -0.480 e. The minimum absolute atomic E-state index is 0.0227. The lowest BCUT2D eigenvalue weighted by molar-refractivity contribution is -0.136. The molecule has 3 amide bonds. The zero-order valence-electron chi connectivity index (χ0n) is 19.9. The molecule has 2 aromatic rings. The lowest BCUT2D eigenvalue weighted by Gasteiger charge is -2.30. The van der Waals surface area contributed by atoms with Crippen molar-refractivity contribution in [1.29, 1.82) is 0 Å². The van der Waals surface area contributed by atoms with E-state index in [9.17, 15) is 29.4 Å². The van der Waals surface area contributed by atoms with E-state index in [1.165, 1.54) is 11.0 Å². The number of hydrogen-bond acceptors (Lipinski definition) is 7. The van der Waals surface area contributed by atoms with E-state index in [0.29, 0.717) is 35.9 Å². The second-order valence-electron chi connectivity index (χ2n) is 8.76. The Morgan fingerprint density at radius 3 is 2.68 bits per heavy atom. The Morgan fingerprint density at radius 1 is 1.16 bits per heavy atom. The van der Waals surface area contributed by atoms with Gasteiger partial charge in [-0.05, 0) is 47.9 Å². The van der Waals surface area contributed by atoms with Crippen molar-refractivity contribution in [2.24, 2.45) is 10.7 Å². The van der Waals surface area contributed by atoms with Crippen LogP contribution in [0.25, 0.3) is 0 Å². The molecule has 0 aliphatic carbocycles. The van der Waals surface area contributed by atoms with E-state index < -0.39 is 36.9 Å². The van der Waals surface area contributed by atoms with Crippen molar-refractivity contribution in [1.82, 2.24) is 0 Å². The summed E-state index contributed by atoms with van der Waals surface area (Å²) in [6.45, 7) is -0.291. The molecule has 4 rings (SSSR count). The predicted octanol–water partition coefficient (Wildman–Crippen LogP) is -0.283. The standard InChI is InChI=1S/C25H27N5O7/c26-24-18-5-3-16(9-15(18)12-27-24)28-25(37)20(32)11-22(34)29(7-8-31)17-4-1-14-2-6-21(33)30(13-23(35)36)19(14)10-17/h1,3-5,9-10,20,31-32H,2,6-8,11-13H2,(H2,26,27)(H,28,37)(H,35,36)/p+1/t20-/m1/s1. The monoisotopic (exact) mass is 510 g/mol. The Bertz CT molecular complexity index is 1290. The van der Waals surface area contributed by atoms with Crippen LogP contribution in [0.2, 0.25) is 0 Å². The van der Waals surface area contributed by atoms with Gasteiger partial charge in [-0.2, -0.15) is 0 Å². The number of aliphatic imine (C=N–C) groups is 1. The third-order valence-corrected chi connectivity index (χ3v) is 6.25. The van der Waals surface area contributed by atoms with Gasteiger partial charge < -0.3 is 36.2 Å². The van der Waals surface area contributed by atoms with E-state index in [-0.39, 0.29) is 25.5 Å². The summed E-state index contributed by atoms with van der Waals surface area (Å²) in [6.07, 6.45) is -1.57. The lowest BCUT2D eigenvalue weighted by Crippen LogP contribution is -2.40. The molecule has 0 saturated heterocycles. The number of benzene rings is 2. The second-order valence-corrected chi connectivity index (χ2v) is 8.76. The number of carboxylic acids is 1. The first kappa shape index (κ1) is 25.8. The van der Waals surface area contributed by atoms with Crippen molar-refractivity contribution in [3.8, 4) is 0 Å². The molecule has 0 unspecified atom stereocenters. The first-order chi connectivity index (χ1) is 17.7. The number of nitrogens with zero attached hydrogens (tertiary/aromatic N) is 3. The lowest BCUT2D eigenvalue weighted by atomic mass is 10.00. The molecule has 37 heavy (non-hydrogen) atoms. The van der Waals surface area contributed by atoms with Crippen LogP contribution >= 0.6 is 0 Å². The van der Waals surface area contributed by atoms with Gasteiger partial charge in [0.15, 0.2) is 6.61 Å². The summed E-state index contributed by atoms with van der Waals surface area (Å²) in [4.78, 5) is 55.8. The molecule has 0 aromatic heterocycles. The zero-order valence-corrected chi connectivity index (χ0v) is 19.9. The molecule has 194 valence electrons. The molecule has 12 nitrogen and oxygen atoms in total. The summed E-state index contributed by atoms with van der Waals surface area (Å²) in [5.74, 6) is -2.45. The molecule has 0 spiro atoms. The van der Waals surface area contributed by atoms with E-state index in [4.69, 9.17) is 10.8 Å². The largest absolute Gasteiger partial charge is 0.480 e. The molecular formula is C25H28N5O7+. The van der Waals surface area contributed by atoms with E-state index in [1.54, 1.807) is 30.3 Å². The van der Waals surface area contributed by atoms with Gasteiger partial charge in [-0.1, -0.05) is 6.07 Å². The van der Waals surface area contributed by atoms with Crippen molar-refractivity contribution in [3.63, 3.8) is 0 Å². The molecule has 0 radical (unpaired) electrons. The van der Waals surface area contributed by atoms with Crippen LogP contribution in [0.5, 0.6) is 0 Å². The number of anilines is 3. The van der Waals surface area contributed by atoms with Gasteiger partial charge in [-0.3, -0.25) is 24.2 Å². The van der Waals surface area contributed by atoms with Gasteiger partial charge in [0.25, 0.3) is 5.91 Å². The summed E-state index contributed by atoms with van der Waals surface area (Å²) in [7, 11) is 0. The third kappa shape index (κ3) is 5.60. The van der Waals surface area contributed by atoms with Gasteiger partial charge >= 0.3 is 5.97 Å². The maximum Gasteiger partial charge on any atom is 0.323 e. The van der Waals surface area contributed by atoms with Crippen LogP contribution in [0, 0.1) is 0 Å². The van der Waals surface area contributed by atoms with Crippen molar-refractivity contribution in [2.45, 2.75) is 31.9 Å². The Hall–Kier alpha value is -4.29. The fraction of sp³-hybridized carbons (Fsp3) is 0.320. The molecule has 0 saturated carbocycles. The van der Waals surface area contributed by atoms with Crippen molar-refractivity contribution in [3.05, 3.63) is 53.1 Å². The first-order valence-electron chi connectivity index (χ1n) is 11.7. The number of aliphatic hydroxyl groups is 1. The van der Waals surface area contributed by atoms with E-state index in [1.807, 2.05) is 0 Å². The van der Waals surface area contributed by atoms with Crippen LogP contribution < -0.4 is 20.9 Å². The van der Waals surface area contributed by atoms with Gasteiger partial charge in [0.1, 0.15) is 18.5 Å². The summed E-state index contributed by atoms with van der Waals surface area (Å²) in [5.41, 5.74) is 9.34. The van der Waals surface area contributed by atoms with Gasteiger partial charge in [0.05, 0.1) is 19.5 Å². The summed E-state index contributed by atoms with van der Waals surface area (Å²) in [5, 5.41) is 29.9. The number of fused-ring (bicyclic) bond motifs is 2. The molecule has 0 fully saturated rings. The third-order valence-electron chi connectivity index (χ3n) is 6.25. The molecule has 2 aliphatic heterocycles. The number of aryl methyl sites for hydroxylation is 1. The van der Waals surface area contributed by atoms with Crippen LogP contribution in [0.3, 0.4) is 0 Å². The minimum atomic E-state index is -1.65. The Kier molecular flexibility index (Phi) is 7.50. The highest BCUT2D eigenvalue weighted by Crippen LogP contribution is 2.32. The van der Waals surface area contributed by atoms with Crippen LogP contribution in [0.1, 0.15) is 29.5 Å². The van der Waals surface area contributed by atoms with Gasteiger partial charge in [0.2, 0.25) is 11.8 Å². The van der Waals surface area contributed by atoms with E-state index in [2.05, 4.69) is 10.3 Å². The number of nitrogens with two attached hydrogens (primary N) is 1. The topological polar surface area (TPSA) is 189 Å². The number of nitrogens with one attached hydrogen (secondary N) is 1. The number of carboxylic acid groups (broad SMARTS) is 1. The molecular weight excluding hydrogens is 482 g/mol.